The van der Waals surface area contributed by atoms with E-state index in [2.05, 4.69) is 10.6 Å². The minimum absolute atomic E-state index is 0.155. The Kier molecular flexibility index (Phi) is 5.04. The Labute approximate surface area is 146 Å². The Morgan fingerprint density at radius 3 is 2.76 bits per heavy atom. The van der Waals surface area contributed by atoms with Gasteiger partial charge in [0.25, 0.3) is 0 Å². The zero-order valence-corrected chi connectivity index (χ0v) is 14.2. The lowest BCUT2D eigenvalue weighted by molar-refractivity contribution is 0.123. The zero-order chi connectivity index (χ0) is 17.6. The van der Waals surface area contributed by atoms with Gasteiger partial charge in [-0.1, -0.05) is 41.6 Å². The van der Waals surface area contributed by atoms with E-state index < -0.39 is 0 Å². The molecule has 0 aliphatic carbocycles. The van der Waals surface area contributed by atoms with Crippen molar-refractivity contribution in [3.05, 3.63) is 71.3 Å². The molecule has 0 atom stereocenters. The molecule has 0 amide bonds. The predicted octanol–water partition coefficient (Wildman–Crippen LogP) is 4.67. The second-order valence-corrected chi connectivity index (χ2v) is 5.80. The van der Waals surface area contributed by atoms with E-state index in [0.29, 0.717) is 5.56 Å². The van der Waals surface area contributed by atoms with Crippen LogP contribution in [0, 0.1) is 13.8 Å². The third-order valence-electron chi connectivity index (χ3n) is 3.94. The normalized spacial score (nSPS) is 11.0. The predicted molar refractivity (Wildman–Crippen MR) is 99.5 cm³/mol. The number of aryl methyl sites for hydroxylation is 2. The Morgan fingerprint density at radius 2 is 1.92 bits per heavy atom. The number of benzene rings is 3. The van der Waals surface area contributed by atoms with Gasteiger partial charge in [-0.15, -0.1) is 0 Å². The summed E-state index contributed by atoms with van der Waals surface area (Å²) in [6, 6.07) is 17.6. The molecule has 5 heteroatoms. The molecule has 0 aliphatic rings. The van der Waals surface area contributed by atoms with Crippen LogP contribution < -0.4 is 5.48 Å². The van der Waals surface area contributed by atoms with Crippen LogP contribution in [0.1, 0.15) is 16.7 Å². The summed E-state index contributed by atoms with van der Waals surface area (Å²) >= 11 is 0. The minimum Gasteiger partial charge on any atom is -0.507 e. The van der Waals surface area contributed by atoms with Crippen LogP contribution in [0.2, 0.25) is 0 Å². The molecule has 0 fully saturated rings. The topological polar surface area (TPSA) is 63.1 Å². The van der Waals surface area contributed by atoms with E-state index in [0.717, 1.165) is 27.6 Å². The smallest absolute Gasteiger partial charge is 0.245 e. The summed E-state index contributed by atoms with van der Waals surface area (Å²) in [6.07, 6.45) is 1.17. The second-order valence-electron chi connectivity index (χ2n) is 5.80. The van der Waals surface area contributed by atoms with Gasteiger partial charge in [-0.25, -0.2) is 5.48 Å². The molecule has 3 aromatic carbocycles. The van der Waals surface area contributed by atoms with Crippen LogP contribution in [0.3, 0.4) is 0 Å². The molecular weight excluding hydrogens is 316 g/mol. The molecule has 0 unspecified atom stereocenters. The zero-order valence-electron chi connectivity index (χ0n) is 14.2. The van der Waals surface area contributed by atoms with Crippen LogP contribution in [0.25, 0.3) is 10.8 Å². The molecule has 2 N–H and O–H groups in total. The van der Waals surface area contributed by atoms with Gasteiger partial charge < -0.3 is 14.8 Å². The van der Waals surface area contributed by atoms with Crippen molar-refractivity contribution >= 4 is 22.9 Å². The van der Waals surface area contributed by atoms with E-state index in [1.165, 1.54) is 6.40 Å². The average molecular weight is 336 g/mol. The Bertz CT molecular complexity index is 907. The van der Waals surface area contributed by atoms with Gasteiger partial charge in [0.05, 0.1) is 5.69 Å². The lowest BCUT2D eigenvalue weighted by Crippen LogP contribution is -1.99. The number of nitrogens with zero attached hydrogens (tertiary/aromatic N) is 1. The van der Waals surface area contributed by atoms with E-state index >= 15 is 0 Å². The van der Waals surface area contributed by atoms with Crippen molar-refractivity contribution < 1.29 is 14.8 Å². The van der Waals surface area contributed by atoms with Crippen LogP contribution in [-0.4, -0.2) is 11.5 Å². The Morgan fingerprint density at radius 1 is 1.08 bits per heavy atom. The molecule has 5 nitrogen and oxygen atoms in total. The first-order chi connectivity index (χ1) is 12.1. The molecule has 3 rings (SSSR count). The monoisotopic (exact) mass is 336 g/mol. The Balaban J connectivity index is 1.57. The van der Waals surface area contributed by atoms with Gasteiger partial charge in [-0.05, 0) is 53.9 Å². The van der Waals surface area contributed by atoms with Gasteiger partial charge in [-0.2, -0.15) is 0 Å². The molecule has 25 heavy (non-hydrogen) atoms. The first-order valence-electron chi connectivity index (χ1n) is 7.97. The molecule has 0 radical (unpaired) electrons. The van der Waals surface area contributed by atoms with E-state index in [4.69, 9.17) is 9.68 Å². The summed E-state index contributed by atoms with van der Waals surface area (Å²) in [5.74, 6) is 0.229. The third-order valence-corrected chi connectivity index (χ3v) is 3.94. The first-order valence-corrected chi connectivity index (χ1v) is 7.97. The van der Waals surface area contributed by atoms with Gasteiger partial charge in [0.1, 0.15) is 12.4 Å². The van der Waals surface area contributed by atoms with Crippen LogP contribution in [0.4, 0.5) is 5.69 Å². The van der Waals surface area contributed by atoms with Crippen molar-refractivity contribution in [3.8, 4) is 5.75 Å². The minimum atomic E-state index is 0.155. The van der Waals surface area contributed by atoms with E-state index in [9.17, 15) is 5.11 Å². The standard InChI is InChI=1S/C20H20N2O3/c1-14-6-5-8-18(10-14)22-25-13-21-24-12-17-11-16-7-3-4-9-19(16)15(2)20(17)23/h3-11,13,22-23H,12H2,1-2H3/b21-13+. The van der Waals surface area contributed by atoms with Crippen molar-refractivity contribution in [3.63, 3.8) is 0 Å². The fourth-order valence-corrected chi connectivity index (χ4v) is 2.66. The molecule has 0 bridgehead atoms. The summed E-state index contributed by atoms with van der Waals surface area (Å²) in [7, 11) is 0. The lowest BCUT2D eigenvalue weighted by atomic mass is 10.0. The molecule has 0 aromatic heterocycles. The van der Waals surface area contributed by atoms with Gasteiger partial charge in [0, 0.05) is 5.56 Å². The van der Waals surface area contributed by atoms with E-state index in [1.807, 2.05) is 68.4 Å². The number of nitrogens with one attached hydrogen (secondary N) is 1. The number of anilines is 1. The number of hydrogen-bond acceptors (Lipinski definition) is 5. The number of aromatic hydroxyl groups is 1. The highest BCUT2D eigenvalue weighted by atomic mass is 16.7. The SMILES string of the molecule is Cc1cccc(NO/C=N/OCc2cc3ccccc3c(C)c2O)c1. The molecule has 0 heterocycles. The van der Waals surface area contributed by atoms with Crippen molar-refractivity contribution in [1.29, 1.82) is 0 Å². The van der Waals surface area contributed by atoms with Crippen molar-refractivity contribution in [2.45, 2.75) is 20.5 Å². The van der Waals surface area contributed by atoms with Gasteiger partial charge in [-0.3, -0.25) is 0 Å². The van der Waals surface area contributed by atoms with Gasteiger partial charge >= 0.3 is 0 Å². The Hall–Kier alpha value is -3.21. The van der Waals surface area contributed by atoms with Crippen LogP contribution in [-0.2, 0) is 16.3 Å². The molecule has 3 aromatic rings. The first kappa shape index (κ1) is 16.6. The highest BCUT2D eigenvalue weighted by Gasteiger charge is 2.09. The maximum Gasteiger partial charge on any atom is 0.245 e. The summed E-state index contributed by atoms with van der Waals surface area (Å²) in [5, 5.41) is 16.1. The van der Waals surface area contributed by atoms with Gasteiger partial charge in [0.15, 0.2) is 0 Å². The summed E-state index contributed by atoms with van der Waals surface area (Å²) in [5.41, 5.74) is 6.22. The van der Waals surface area contributed by atoms with Gasteiger partial charge in [0.2, 0.25) is 6.40 Å². The quantitative estimate of drug-likeness (QED) is 0.390. The number of phenolic OH excluding ortho intramolecular Hbond substituents is 1. The number of fused-ring (bicyclic) bond motifs is 1. The summed E-state index contributed by atoms with van der Waals surface area (Å²) < 4.78 is 0. The van der Waals surface area contributed by atoms with Crippen LogP contribution >= 0.6 is 0 Å². The molecule has 0 aliphatic heterocycles. The molecule has 0 saturated heterocycles. The van der Waals surface area contributed by atoms with E-state index in [-0.39, 0.29) is 12.4 Å². The fourth-order valence-electron chi connectivity index (χ4n) is 2.66. The molecular formula is C20H20N2O3. The number of oxime groups is 1. The average Bonchev–Trinajstić information content (AvgIpc) is 2.62. The largest absolute Gasteiger partial charge is 0.507 e. The third kappa shape index (κ3) is 4.01. The molecule has 0 saturated carbocycles. The number of phenols is 1. The molecule has 0 spiro atoms. The van der Waals surface area contributed by atoms with Crippen LogP contribution in [0.15, 0.2) is 59.8 Å². The summed E-state index contributed by atoms with van der Waals surface area (Å²) in [6.45, 7) is 4.04. The maximum atomic E-state index is 10.3. The number of rotatable bonds is 6. The lowest BCUT2D eigenvalue weighted by Gasteiger charge is -2.10. The highest BCUT2D eigenvalue weighted by molar-refractivity contribution is 5.88. The molecule has 128 valence electrons. The van der Waals surface area contributed by atoms with Crippen molar-refractivity contribution in [2.75, 3.05) is 5.48 Å². The second kappa shape index (κ2) is 7.57. The van der Waals surface area contributed by atoms with Crippen molar-refractivity contribution in [2.24, 2.45) is 5.16 Å². The van der Waals surface area contributed by atoms with E-state index in [1.54, 1.807) is 0 Å². The summed E-state index contributed by atoms with van der Waals surface area (Å²) in [4.78, 5) is 10.3. The number of hydrogen-bond donors (Lipinski definition) is 2. The van der Waals surface area contributed by atoms with Crippen molar-refractivity contribution in [1.82, 2.24) is 0 Å². The highest BCUT2D eigenvalue weighted by Crippen LogP contribution is 2.30. The fraction of sp³-hybridized carbons (Fsp3) is 0.150. The van der Waals surface area contributed by atoms with Crippen LogP contribution in [0.5, 0.6) is 5.75 Å². The maximum absolute atomic E-state index is 10.3.